The number of H-pyrrole nitrogens is 1. The monoisotopic (exact) mass is 417 g/mol. The second-order valence-corrected chi connectivity index (χ2v) is 6.18. The molecule has 0 atom stereocenters. The molecule has 3 rings (SSSR count). The van der Waals surface area contributed by atoms with Gasteiger partial charge in [0, 0.05) is 22.4 Å². The lowest BCUT2D eigenvalue weighted by Crippen LogP contribution is -2.21. The number of hydrogen-bond donors (Lipinski definition) is 2. The van der Waals surface area contributed by atoms with Crippen LogP contribution in [-0.4, -0.2) is 28.5 Å². The molecule has 0 aliphatic carbocycles. The van der Waals surface area contributed by atoms with Crippen molar-refractivity contribution in [3.63, 3.8) is 0 Å². The quantitative estimate of drug-likeness (QED) is 0.618. The molecule has 1 aromatic heterocycles. The molecular formula is C18H13BrFN3O3. The maximum absolute atomic E-state index is 13.7. The molecular weight excluding hydrogens is 405 g/mol. The van der Waals surface area contributed by atoms with Crippen molar-refractivity contribution < 1.29 is 18.7 Å². The summed E-state index contributed by atoms with van der Waals surface area (Å²) in [6.07, 6.45) is 3.33. The van der Waals surface area contributed by atoms with Crippen LogP contribution in [0.15, 0.2) is 59.3 Å². The van der Waals surface area contributed by atoms with E-state index in [2.05, 4.69) is 31.2 Å². The lowest BCUT2D eigenvalue weighted by Gasteiger charge is -2.08. The third-order valence-corrected chi connectivity index (χ3v) is 3.93. The average molecular weight is 418 g/mol. The van der Waals surface area contributed by atoms with E-state index in [1.807, 2.05) is 0 Å². The molecule has 3 aromatic rings. The van der Waals surface area contributed by atoms with Gasteiger partial charge in [0.2, 0.25) is 0 Å². The molecule has 26 heavy (non-hydrogen) atoms. The van der Waals surface area contributed by atoms with Gasteiger partial charge in [0.05, 0.1) is 11.3 Å². The van der Waals surface area contributed by atoms with E-state index in [0.717, 1.165) is 5.56 Å². The zero-order chi connectivity index (χ0) is 18.5. The highest BCUT2D eigenvalue weighted by molar-refractivity contribution is 9.10. The molecule has 0 spiro atoms. The summed E-state index contributed by atoms with van der Waals surface area (Å²) in [6.45, 7) is -0.520. The van der Waals surface area contributed by atoms with Gasteiger partial charge in [0.25, 0.3) is 5.91 Å². The number of esters is 1. The van der Waals surface area contributed by atoms with E-state index in [-0.39, 0.29) is 5.69 Å². The summed E-state index contributed by atoms with van der Waals surface area (Å²) in [5, 5.41) is 2.35. The third-order valence-electron chi connectivity index (χ3n) is 3.43. The van der Waals surface area contributed by atoms with E-state index < -0.39 is 24.3 Å². The van der Waals surface area contributed by atoms with Crippen LogP contribution in [0, 0.1) is 5.82 Å². The number of carbonyl (C=O) groups excluding carboxylic acids is 2. The molecule has 2 N–H and O–H groups in total. The Balaban J connectivity index is 1.55. The van der Waals surface area contributed by atoms with Crippen LogP contribution in [0.5, 0.6) is 0 Å². The second-order valence-electron chi connectivity index (χ2n) is 5.26. The van der Waals surface area contributed by atoms with Crippen molar-refractivity contribution in [2.45, 2.75) is 0 Å². The maximum Gasteiger partial charge on any atom is 0.338 e. The summed E-state index contributed by atoms with van der Waals surface area (Å²) in [6, 6.07) is 10.8. The Morgan fingerprint density at radius 3 is 2.62 bits per heavy atom. The van der Waals surface area contributed by atoms with Crippen LogP contribution < -0.4 is 5.32 Å². The summed E-state index contributed by atoms with van der Waals surface area (Å²) in [7, 11) is 0. The van der Waals surface area contributed by atoms with E-state index in [1.165, 1.54) is 12.1 Å². The van der Waals surface area contributed by atoms with Crippen molar-refractivity contribution in [3.05, 3.63) is 70.7 Å². The predicted octanol–water partition coefficient (Wildman–Crippen LogP) is 3.77. The first-order chi connectivity index (χ1) is 12.5. The summed E-state index contributed by atoms with van der Waals surface area (Å²) in [4.78, 5) is 30.9. The van der Waals surface area contributed by atoms with Crippen molar-refractivity contribution in [1.82, 2.24) is 9.97 Å². The van der Waals surface area contributed by atoms with Gasteiger partial charge in [-0.25, -0.2) is 14.2 Å². The van der Waals surface area contributed by atoms with Crippen molar-refractivity contribution in [2.75, 3.05) is 11.9 Å². The van der Waals surface area contributed by atoms with Crippen LogP contribution in [0.1, 0.15) is 10.4 Å². The smallest absolute Gasteiger partial charge is 0.338 e. The van der Waals surface area contributed by atoms with Gasteiger partial charge < -0.3 is 15.0 Å². The van der Waals surface area contributed by atoms with Gasteiger partial charge in [-0.05, 0) is 30.3 Å². The number of hydrogen-bond acceptors (Lipinski definition) is 4. The van der Waals surface area contributed by atoms with Crippen LogP contribution in [0.25, 0.3) is 11.4 Å². The fourth-order valence-electron chi connectivity index (χ4n) is 2.18. The molecule has 0 saturated heterocycles. The topological polar surface area (TPSA) is 84.1 Å². The normalized spacial score (nSPS) is 10.4. The minimum Gasteiger partial charge on any atom is -0.452 e. The molecule has 0 bridgehead atoms. The van der Waals surface area contributed by atoms with Gasteiger partial charge in [-0.1, -0.05) is 28.1 Å². The van der Waals surface area contributed by atoms with Crippen LogP contribution in [0.2, 0.25) is 0 Å². The van der Waals surface area contributed by atoms with Crippen LogP contribution in [0.3, 0.4) is 0 Å². The van der Waals surface area contributed by atoms with E-state index in [0.29, 0.717) is 15.9 Å². The molecule has 132 valence electrons. The van der Waals surface area contributed by atoms with Gasteiger partial charge in [-0.15, -0.1) is 0 Å². The van der Waals surface area contributed by atoms with Crippen LogP contribution in [0.4, 0.5) is 10.1 Å². The number of nitrogens with zero attached hydrogens (tertiary/aromatic N) is 1. The fraction of sp³-hybridized carbons (Fsp3) is 0.0556. The van der Waals surface area contributed by atoms with Crippen molar-refractivity contribution in [3.8, 4) is 11.4 Å². The SMILES string of the molecule is O=C(COC(=O)c1ccc(-c2ncc[nH]2)cc1)Nc1ccc(Br)cc1F. The van der Waals surface area contributed by atoms with E-state index >= 15 is 0 Å². The number of rotatable bonds is 5. The third kappa shape index (κ3) is 4.34. The van der Waals surface area contributed by atoms with Gasteiger partial charge in [0.15, 0.2) is 6.61 Å². The molecule has 6 nitrogen and oxygen atoms in total. The number of ether oxygens (including phenoxy) is 1. The van der Waals surface area contributed by atoms with Crippen molar-refractivity contribution >= 4 is 33.5 Å². The highest BCUT2D eigenvalue weighted by Gasteiger charge is 2.12. The summed E-state index contributed by atoms with van der Waals surface area (Å²) < 4.78 is 19.2. The molecule has 1 amide bonds. The number of nitrogens with one attached hydrogen (secondary N) is 2. The molecule has 0 aliphatic rings. The molecule has 1 heterocycles. The first-order valence-corrected chi connectivity index (χ1v) is 8.34. The average Bonchev–Trinajstić information content (AvgIpc) is 3.17. The number of benzene rings is 2. The van der Waals surface area contributed by atoms with Gasteiger partial charge in [0.1, 0.15) is 11.6 Å². The first kappa shape index (κ1) is 17.8. The first-order valence-electron chi connectivity index (χ1n) is 7.55. The Labute approximate surface area is 156 Å². The Morgan fingerprint density at radius 1 is 1.19 bits per heavy atom. The van der Waals surface area contributed by atoms with Gasteiger partial charge in [-0.3, -0.25) is 4.79 Å². The van der Waals surface area contributed by atoms with Gasteiger partial charge in [-0.2, -0.15) is 0 Å². The number of anilines is 1. The van der Waals surface area contributed by atoms with Crippen LogP contribution >= 0.6 is 15.9 Å². The largest absolute Gasteiger partial charge is 0.452 e. The predicted molar refractivity (Wildman–Crippen MR) is 97.0 cm³/mol. The molecule has 2 aromatic carbocycles. The van der Waals surface area contributed by atoms with Gasteiger partial charge >= 0.3 is 5.97 Å². The number of halogens is 2. The zero-order valence-electron chi connectivity index (χ0n) is 13.3. The Kier molecular flexibility index (Phi) is 5.43. The standard InChI is InChI=1S/C18H13BrFN3O3/c19-13-5-6-15(14(20)9-13)23-16(24)10-26-18(25)12-3-1-11(2-4-12)17-21-7-8-22-17/h1-9H,10H2,(H,21,22)(H,23,24). The highest BCUT2D eigenvalue weighted by atomic mass is 79.9. The summed E-state index contributed by atoms with van der Waals surface area (Å²) in [5.74, 6) is -1.19. The lowest BCUT2D eigenvalue weighted by molar-refractivity contribution is -0.119. The lowest BCUT2D eigenvalue weighted by atomic mass is 10.1. The molecule has 0 aliphatic heterocycles. The Hall–Kier alpha value is -3.00. The maximum atomic E-state index is 13.7. The number of imidazole rings is 1. The second kappa shape index (κ2) is 7.92. The number of amides is 1. The number of aromatic nitrogens is 2. The molecule has 0 unspecified atom stereocenters. The van der Waals surface area contributed by atoms with Crippen molar-refractivity contribution in [1.29, 1.82) is 0 Å². The minimum atomic E-state index is -0.651. The highest BCUT2D eigenvalue weighted by Crippen LogP contribution is 2.19. The number of aromatic amines is 1. The van der Waals surface area contributed by atoms with Crippen molar-refractivity contribution in [2.24, 2.45) is 0 Å². The molecule has 0 saturated carbocycles. The van der Waals surface area contributed by atoms with E-state index in [9.17, 15) is 14.0 Å². The summed E-state index contributed by atoms with van der Waals surface area (Å²) in [5.41, 5.74) is 1.12. The molecule has 8 heteroatoms. The van der Waals surface area contributed by atoms with Crippen LogP contribution in [-0.2, 0) is 9.53 Å². The molecule has 0 fully saturated rings. The molecule has 0 radical (unpaired) electrons. The summed E-state index contributed by atoms with van der Waals surface area (Å²) >= 11 is 3.13. The fourth-order valence-corrected chi connectivity index (χ4v) is 2.51. The number of carbonyl (C=O) groups is 2. The Morgan fingerprint density at radius 2 is 1.96 bits per heavy atom. The zero-order valence-corrected chi connectivity index (χ0v) is 14.9. The Bertz CT molecular complexity index is 927. The van der Waals surface area contributed by atoms with E-state index in [4.69, 9.17) is 4.74 Å². The van der Waals surface area contributed by atoms with E-state index in [1.54, 1.807) is 42.7 Å². The minimum absolute atomic E-state index is 0.0112.